The van der Waals surface area contributed by atoms with Gasteiger partial charge in [-0.2, -0.15) is 0 Å². The summed E-state index contributed by atoms with van der Waals surface area (Å²) in [6.07, 6.45) is 0.694. The van der Waals surface area contributed by atoms with Crippen LogP contribution in [-0.4, -0.2) is 30.5 Å². The predicted octanol–water partition coefficient (Wildman–Crippen LogP) is 2.52. The fourth-order valence-electron chi connectivity index (χ4n) is 2.31. The van der Waals surface area contributed by atoms with Crippen LogP contribution in [0.15, 0.2) is 6.07 Å². The Morgan fingerprint density at radius 1 is 1.55 bits per heavy atom. The molecule has 0 aromatic carbocycles. The number of aromatic nitrogens is 1. The molecule has 20 heavy (non-hydrogen) atoms. The molecule has 1 unspecified atom stereocenters. The molecular formula is C13H18Cl2N4O. The van der Waals surface area contributed by atoms with E-state index in [-0.39, 0.29) is 5.91 Å². The van der Waals surface area contributed by atoms with E-state index in [0.717, 1.165) is 0 Å². The van der Waals surface area contributed by atoms with E-state index in [0.29, 0.717) is 47.7 Å². The molecule has 1 amide bonds. The van der Waals surface area contributed by atoms with Gasteiger partial charge in [0.2, 0.25) is 5.91 Å². The van der Waals surface area contributed by atoms with Crippen molar-refractivity contribution in [3.63, 3.8) is 0 Å². The highest BCUT2D eigenvalue weighted by Crippen LogP contribution is 2.37. The van der Waals surface area contributed by atoms with Gasteiger partial charge < -0.3 is 16.0 Å². The van der Waals surface area contributed by atoms with E-state index >= 15 is 0 Å². The molecule has 2 rings (SSSR count). The Morgan fingerprint density at radius 2 is 2.25 bits per heavy atom. The lowest BCUT2D eigenvalue weighted by Crippen LogP contribution is -2.37. The summed E-state index contributed by atoms with van der Waals surface area (Å²) in [6, 6.07) is 1.67. The number of halogens is 2. The van der Waals surface area contributed by atoms with Gasteiger partial charge in [-0.1, -0.05) is 23.2 Å². The maximum Gasteiger partial charge on any atom is 0.225 e. The molecular weight excluding hydrogens is 299 g/mol. The molecule has 1 fully saturated rings. The fourth-order valence-corrected chi connectivity index (χ4v) is 2.86. The summed E-state index contributed by atoms with van der Waals surface area (Å²) in [5.41, 5.74) is 4.92. The molecule has 1 aromatic rings. The van der Waals surface area contributed by atoms with Gasteiger partial charge in [0.05, 0.1) is 15.5 Å². The van der Waals surface area contributed by atoms with Crippen molar-refractivity contribution in [2.45, 2.75) is 20.3 Å². The van der Waals surface area contributed by atoms with Gasteiger partial charge in [0.1, 0.15) is 11.6 Å². The lowest BCUT2D eigenvalue weighted by atomic mass is 9.89. The van der Waals surface area contributed by atoms with Gasteiger partial charge in [0.25, 0.3) is 0 Å². The Hall–Kier alpha value is -1.20. The van der Waals surface area contributed by atoms with Gasteiger partial charge >= 0.3 is 0 Å². The normalized spacial score (nSPS) is 22.1. The molecule has 0 radical (unpaired) electrons. The number of nitrogens with one attached hydrogen (secondary N) is 1. The Kier molecular flexibility index (Phi) is 4.30. The van der Waals surface area contributed by atoms with Gasteiger partial charge in [-0.25, -0.2) is 4.98 Å². The second-order valence-corrected chi connectivity index (χ2v) is 6.07. The number of carbonyl (C=O) groups excluding carboxylic acids is 1. The standard InChI is InChI=1S/C13H18Cl2N4O/c1-3-17-10-8(14)6-9(15)11(18-10)19-5-4-13(2,7-19)12(16)20/h6H,3-5,7H2,1-2H3,(H2,16,20)(H,17,18). The lowest BCUT2D eigenvalue weighted by Gasteiger charge is -2.23. The Morgan fingerprint density at radius 3 is 2.80 bits per heavy atom. The van der Waals surface area contributed by atoms with E-state index in [1.807, 2.05) is 18.7 Å². The average molecular weight is 317 g/mol. The van der Waals surface area contributed by atoms with Gasteiger partial charge in [0.15, 0.2) is 0 Å². The zero-order valence-electron chi connectivity index (χ0n) is 11.5. The van der Waals surface area contributed by atoms with Crippen molar-refractivity contribution >= 4 is 40.7 Å². The number of hydrogen-bond acceptors (Lipinski definition) is 4. The van der Waals surface area contributed by atoms with Crippen molar-refractivity contribution in [3.8, 4) is 0 Å². The monoisotopic (exact) mass is 316 g/mol. The fraction of sp³-hybridized carbons (Fsp3) is 0.538. The van der Waals surface area contributed by atoms with Gasteiger partial charge in [-0.05, 0) is 26.3 Å². The molecule has 0 aliphatic carbocycles. The van der Waals surface area contributed by atoms with Crippen molar-refractivity contribution in [2.24, 2.45) is 11.1 Å². The van der Waals surface area contributed by atoms with E-state index in [4.69, 9.17) is 28.9 Å². The number of hydrogen-bond donors (Lipinski definition) is 2. The van der Waals surface area contributed by atoms with Crippen molar-refractivity contribution < 1.29 is 4.79 Å². The molecule has 3 N–H and O–H groups in total. The van der Waals surface area contributed by atoms with Gasteiger partial charge in [0, 0.05) is 19.6 Å². The highest BCUT2D eigenvalue weighted by atomic mass is 35.5. The number of nitrogens with zero attached hydrogens (tertiary/aromatic N) is 2. The number of anilines is 2. The molecule has 0 spiro atoms. The highest BCUT2D eigenvalue weighted by molar-refractivity contribution is 6.37. The quantitative estimate of drug-likeness (QED) is 0.895. The minimum atomic E-state index is -0.539. The molecule has 110 valence electrons. The summed E-state index contributed by atoms with van der Waals surface area (Å²) < 4.78 is 0. The molecule has 0 saturated carbocycles. The van der Waals surface area contributed by atoms with Crippen molar-refractivity contribution in [3.05, 3.63) is 16.1 Å². The summed E-state index contributed by atoms with van der Waals surface area (Å²) in [7, 11) is 0. The van der Waals surface area contributed by atoms with Crippen LogP contribution < -0.4 is 16.0 Å². The van der Waals surface area contributed by atoms with Crippen molar-refractivity contribution in [2.75, 3.05) is 29.9 Å². The maximum atomic E-state index is 11.5. The number of primary amides is 1. The summed E-state index contributed by atoms with van der Waals surface area (Å²) in [5, 5.41) is 4.05. The van der Waals surface area contributed by atoms with E-state index in [9.17, 15) is 4.79 Å². The maximum absolute atomic E-state index is 11.5. The first-order chi connectivity index (χ1) is 9.37. The zero-order chi connectivity index (χ0) is 14.9. The third-order valence-electron chi connectivity index (χ3n) is 3.62. The molecule has 1 atom stereocenters. The van der Waals surface area contributed by atoms with Crippen molar-refractivity contribution in [1.29, 1.82) is 0 Å². The van der Waals surface area contributed by atoms with Crippen LogP contribution in [-0.2, 0) is 4.79 Å². The van der Waals surface area contributed by atoms with Crippen LogP contribution in [0.1, 0.15) is 20.3 Å². The Bertz CT molecular complexity index is 537. The summed E-state index contributed by atoms with van der Waals surface area (Å²) in [5.74, 6) is 0.940. The summed E-state index contributed by atoms with van der Waals surface area (Å²) in [4.78, 5) is 18.0. The van der Waals surface area contributed by atoms with Crippen LogP contribution in [0.2, 0.25) is 10.0 Å². The van der Waals surface area contributed by atoms with Crippen LogP contribution in [0.3, 0.4) is 0 Å². The third-order valence-corrected chi connectivity index (χ3v) is 4.19. The van der Waals surface area contributed by atoms with E-state index in [1.165, 1.54) is 0 Å². The van der Waals surface area contributed by atoms with Crippen LogP contribution in [0.4, 0.5) is 11.6 Å². The number of nitrogens with two attached hydrogens (primary N) is 1. The SMILES string of the molecule is CCNc1nc(N2CCC(C)(C(N)=O)C2)c(Cl)cc1Cl. The largest absolute Gasteiger partial charge is 0.369 e. The lowest BCUT2D eigenvalue weighted by molar-refractivity contribution is -0.125. The first kappa shape index (κ1) is 15.2. The topological polar surface area (TPSA) is 71.2 Å². The number of pyridine rings is 1. The van der Waals surface area contributed by atoms with E-state index in [1.54, 1.807) is 6.07 Å². The molecule has 0 bridgehead atoms. The number of rotatable bonds is 4. The average Bonchev–Trinajstić information content (AvgIpc) is 2.77. The molecule has 5 nitrogen and oxygen atoms in total. The Labute approximate surface area is 128 Å². The van der Waals surface area contributed by atoms with Gasteiger partial charge in [-0.15, -0.1) is 0 Å². The van der Waals surface area contributed by atoms with Crippen molar-refractivity contribution in [1.82, 2.24) is 4.98 Å². The van der Waals surface area contributed by atoms with Crippen LogP contribution in [0.25, 0.3) is 0 Å². The molecule has 1 aliphatic heterocycles. The first-order valence-electron chi connectivity index (χ1n) is 6.52. The molecule has 1 aliphatic rings. The molecule has 1 aromatic heterocycles. The predicted molar refractivity (Wildman–Crippen MR) is 82.6 cm³/mol. The zero-order valence-corrected chi connectivity index (χ0v) is 13.1. The molecule has 2 heterocycles. The summed E-state index contributed by atoms with van der Waals surface area (Å²) >= 11 is 12.3. The third kappa shape index (κ3) is 2.79. The number of carbonyl (C=O) groups is 1. The smallest absolute Gasteiger partial charge is 0.225 e. The van der Waals surface area contributed by atoms with Gasteiger partial charge in [-0.3, -0.25) is 4.79 Å². The minimum absolute atomic E-state index is 0.294. The first-order valence-corrected chi connectivity index (χ1v) is 7.28. The minimum Gasteiger partial charge on any atom is -0.369 e. The van der Waals surface area contributed by atoms with Crippen LogP contribution in [0, 0.1) is 5.41 Å². The second kappa shape index (κ2) is 5.66. The number of amides is 1. The van der Waals surface area contributed by atoms with E-state index < -0.39 is 5.41 Å². The summed E-state index contributed by atoms with van der Waals surface area (Å²) in [6.45, 7) is 5.76. The molecule has 1 saturated heterocycles. The second-order valence-electron chi connectivity index (χ2n) is 5.25. The van der Waals surface area contributed by atoms with E-state index in [2.05, 4.69) is 10.3 Å². The van der Waals surface area contributed by atoms with Crippen LogP contribution >= 0.6 is 23.2 Å². The highest BCUT2D eigenvalue weighted by Gasteiger charge is 2.40. The van der Waals surface area contributed by atoms with Crippen LogP contribution in [0.5, 0.6) is 0 Å². The Balaban J connectivity index is 2.30. The molecule has 7 heteroatoms.